The summed E-state index contributed by atoms with van der Waals surface area (Å²) in [5, 5.41) is 3.55. The van der Waals surface area contributed by atoms with Gasteiger partial charge in [-0.2, -0.15) is 0 Å². The maximum Gasteiger partial charge on any atom is 0.261 e. The molecule has 2 aliphatic heterocycles. The van der Waals surface area contributed by atoms with E-state index in [0.717, 1.165) is 41.8 Å². The van der Waals surface area contributed by atoms with Gasteiger partial charge in [-0.3, -0.25) is 4.79 Å². The zero-order valence-corrected chi connectivity index (χ0v) is 15.4. The summed E-state index contributed by atoms with van der Waals surface area (Å²) in [5.74, 6) is -0.0426. The predicted octanol–water partition coefficient (Wildman–Crippen LogP) is 2.70. The van der Waals surface area contributed by atoms with Gasteiger partial charge >= 0.3 is 0 Å². The van der Waals surface area contributed by atoms with Crippen LogP contribution in [-0.2, 0) is 9.47 Å². The first-order chi connectivity index (χ1) is 12.2. The molecular formula is C17H20ClN3O3S. The first kappa shape index (κ1) is 17.0. The smallest absolute Gasteiger partial charge is 0.261 e. The van der Waals surface area contributed by atoms with Crippen LogP contribution >= 0.6 is 22.9 Å². The molecule has 2 aromatic rings. The Balaban J connectivity index is 1.61. The van der Waals surface area contributed by atoms with E-state index >= 15 is 0 Å². The van der Waals surface area contributed by atoms with Gasteiger partial charge in [-0.15, -0.1) is 11.3 Å². The average molecular weight is 382 g/mol. The number of hydrogen-bond acceptors (Lipinski definition) is 6. The first-order valence-corrected chi connectivity index (χ1v) is 9.71. The van der Waals surface area contributed by atoms with E-state index in [0.29, 0.717) is 36.5 Å². The van der Waals surface area contributed by atoms with Crippen molar-refractivity contribution in [2.75, 3.05) is 44.4 Å². The van der Waals surface area contributed by atoms with Gasteiger partial charge in [0.15, 0.2) is 0 Å². The van der Waals surface area contributed by atoms with Crippen LogP contribution in [-0.4, -0.2) is 56.5 Å². The van der Waals surface area contributed by atoms with Crippen LogP contribution < -0.4 is 10.2 Å². The van der Waals surface area contributed by atoms with Gasteiger partial charge in [0.05, 0.1) is 34.0 Å². The molecule has 0 bridgehead atoms. The number of nitrogens with one attached hydrogen (secondary N) is 1. The maximum absolute atomic E-state index is 12.6. The van der Waals surface area contributed by atoms with Crippen molar-refractivity contribution in [3.63, 3.8) is 0 Å². The second kappa shape index (κ2) is 7.45. The number of fused-ring (bicyclic) bond motifs is 1. The number of nitrogens with zero attached hydrogens (tertiary/aromatic N) is 2. The molecule has 4 rings (SSSR count). The van der Waals surface area contributed by atoms with Crippen molar-refractivity contribution in [1.29, 1.82) is 0 Å². The minimum Gasteiger partial charge on any atom is -0.381 e. The molecule has 134 valence electrons. The predicted molar refractivity (Wildman–Crippen MR) is 99.0 cm³/mol. The molecule has 0 radical (unpaired) electrons. The Bertz CT molecular complexity index is 770. The van der Waals surface area contributed by atoms with Crippen molar-refractivity contribution in [1.82, 2.24) is 10.3 Å². The van der Waals surface area contributed by atoms with E-state index in [1.54, 1.807) is 0 Å². The number of aromatic nitrogens is 1. The molecule has 4 heterocycles. The molecule has 0 aromatic carbocycles. The standard InChI is InChI=1S/C17H20ClN3O3S/c18-15-10-13(21-3-7-24-8-4-21)16-12(20-15)9-14(25-16)17(22)19-11-1-5-23-6-2-11/h9-11H,1-8H2,(H,19,22). The molecule has 0 unspecified atom stereocenters. The second-order valence-electron chi connectivity index (χ2n) is 6.25. The van der Waals surface area contributed by atoms with E-state index in [2.05, 4.69) is 15.2 Å². The van der Waals surface area contributed by atoms with Gasteiger partial charge in [-0.1, -0.05) is 11.6 Å². The maximum atomic E-state index is 12.6. The fourth-order valence-electron chi connectivity index (χ4n) is 3.22. The molecule has 25 heavy (non-hydrogen) atoms. The molecule has 0 spiro atoms. The highest BCUT2D eigenvalue weighted by Crippen LogP contribution is 2.35. The van der Waals surface area contributed by atoms with Crippen LogP contribution in [0.15, 0.2) is 12.1 Å². The molecule has 6 nitrogen and oxygen atoms in total. The molecule has 8 heteroatoms. The number of thiophene rings is 1. The number of carbonyl (C=O) groups is 1. The summed E-state index contributed by atoms with van der Waals surface area (Å²) in [6.07, 6.45) is 1.72. The van der Waals surface area contributed by atoms with E-state index in [4.69, 9.17) is 21.1 Å². The Hall–Kier alpha value is -1.41. The van der Waals surface area contributed by atoms with Crippen molar-refractivity contribution in [2.24, 2.45) is 0 Å². The van der Waals surface area contributed by atoms with Gasteiger partial charge in [0.2, 0.25) is 0 Å². The van der Waals surface area contributed by atoms with Crippen molar-refractivity contribution in [3.8, 4) is 0 Å². The fraction of sp³-hybridized carbons (Fsp3) is 0.529. The van der Waals surface area contributed by atoms with Crippen LogP contribution in [0.2, 0.25) is 5.15 Å². The Morgan fingerprint density at radius 3 is 2.68 bits per heavy atom. The van der Waals surface area contributed by atoms with Crippen LogP contribution in [0.1, 0.15) is 22.5 Å². The van der Waals surface area contributed by atoms with Crippen molar-refractivity contribution >= 4 is 44.7 Å². The minimum absolute atomic E-state index is 0.0426. The third kappa shape index (κ3) is 3.74. The first-order valence-electron chi connectivity index (χ1n) is 8.52. The summed E-state index contributed by atoms with van der Waals surface area (Å²) in [6.45, 7) is 4.44. The molecule has 1 amide bonds. The highest BCUT2D eigenvalue weighted by molar-refractivity contribution is 7.21. The number of hydrogen-bond donors (Lipinski definition) is 1. The van der Waals surface area contributed by atoms with Gasteiger partial charge in [0.25, 0.3) is 5.91 Å². The Labute approximate surface area is 155 Å². The number of pyridine rings is 1. The van der Waals surface area contributed by atoms with Crippen molar-refractivity contribution < 1.29 is 14.3 Å². The second-order valence-corrected chi connectivity index (χ2v) is 7.69. The third-order valence-corrected chi connectivity index (χ3v) is 5.90. The van der Waals surface area contributed by atoms with Gasteiger partial charge in [-0.05, 0) is 18.9 Å². The zero-order chi connectivity index (χ0) is 17.2. The van der Waals surface area contributed by atoms with E-state index in [9.17, 15) is 4.79 Å². The summed E-state index contributed by atoms with van der Waals surface area (Å²) < 4.78 is 11.8. The van der Waals surface area contributed by atoms with Crippen molar-refractivity contribution in [3.05, 3.63) is 22.2 Å². The largest absolute Gasteiger partial charge is 0.381 e. The molecule has 2 aliphatic rings. The SMILES string of the molecule is O=C(NC1CCOCC1)c1cc2nc(Cl)cc(N3CCOCC3)c2s1. The number of anilines is 1. The number of ether oxygens (including phenoxy) is 2. The number of rotatable bonds is 3. The van der Waals surface area contributed by atoms with E-state index in [1.807, 2.05) is 12.1 Å². The lowest BCUT2D eigenvalue weighted by atomic mass is 10.1. The monoisotopic (exact) mass is 381 g/mol. The quantitative estimate of drug-likeness (QED) is 0.828. The van der Waals surface area contributed by atoms with E-state index < -0.39 is 0 Å². The van der Waals surface area contributed by atoms with Crippen LogP contribution in [0.5, 0.6) is 0 Å². The molecule has 2 fully saturated rings. The third-order valence-electron chi connectivity index (χ3n) is 4.56. The normalized spacial score (nSPS) is 19.3. The Morgan fingerprint density at radius 2 is 1.92 bits per heavy atom. The van der Waals surface area contributed by atoms with E-state index in [-0.39, 0.29) is 11.9 Å². The van der Waals surface area contributed by atoms with E-state index in [1.165, 1.54) is 11.3 Å². The topological polar surface area (TPSA) is 63.7 Å². The highest BCUT2D eigenvalue weighted by Gasteiger charge is 2.22. The van der Waals surface area contributed by atoms with Crippen LogP contribution in [0.3, 0.4) is 0 Å². The molecular weight excluding hydrogens is 362 g/mol. The number of morpholine rings is 1. The lowest BCUT2D eigenvalue weighted by Gasteiger charge is -2.29. The van der Waals surface area contributed by atoms with Gasteiger partial charge in [0, 0.05) is 38.4 Å². The summed E-state index contributed by atoms with van der Waals surface area (Å²) in [4.78, 5) is 19.9. The molecule has 0 atom stereocenters. The molecule has 0 saturated carbocycles. The number of amides is 1. The lowest BCUT2D eigenvalue weighted by molar-refractivity contribution is 0.0698. The van der Waals surface area contributed by atoms with Crippen LogP contribution in [0, 0.1) is 0 Å². The number of carbonyl (C=O) groups excluding carboxylic acids is 1. The average Bonchev–Trinajstić information content (AvgIpc) is 3.06. The molecule has 0 aliphatic carbocycles. The Kier molecular flexibility index (Phi) is 5.08. The number of halogens is 1. The highest BCUT2D eigenvalue weighted by atomic mass is 35.5. The summed E-state index contributed by atoms with van der Waals surface area (Å²) >= 11 is 7.68. The van der Waals surface area contributed by atoms with Crippen molar-refractivity contribution in [2.45, 2.75) is 18.9 Å². The van der Waals surface area contributed by atoms with Gasteiger partial charge in [0.1, 0.15) is 5.15 Å². The summed E-state index contributed by atoms with van der Waals surface area (Å²) in [6, 6.07) is 3.90. The molecule has 2 aromatic heterocycles. The van der Waals surface area contributed by atoms with Gasteiger partial charge in [-0.25, -0.2) is 4.98 Å². The lowest BCUT2D eigenvalue weighted by Crippen LogP contribution is -2.38. The van der Waals surface area contributed by atoms with Gasteiger partial charge < -0.3 is 19.7 Å². The summed E-state index contributed by atoms with van der Waals surface area (Å²) in [5.41, 5.74) is 1.81. The molecule has 2 saturated heterocycles. The van der Waals surface area contributed by atoms with Crippen LogP contribution in [0.4, 0.5) is 5.69 Å². The minimum atomic E-state index is -0.0426. The molecule has 1 N–H and O–H groups in total. The fourth-order valence-corrected chi connectivity index (χ4v) is 4.46. The summed E-state index contributed by atoms with van der Waals surface area (Å²) in [7, 11) is 0. The Morgan fingerprint density at radius 1 is 1.20 bits per heavy atom. The zero-order valence-electron chi connectivity index (χ0n) is 13.8. The van der Waals surface area contributed by atoms with Crippen LogP contribution in [0.25, 0.3) is 10.2 Å².